The molecule has 0 amide bonds. The summed E-state index contributed by atoms with van der Waals surface area (Å²) in [5, 5.41) is 11.5. The van der Waals surface area contributed by atoms with Gasteiger partial charge in [-0.05, 0) is 182 Å². The van der Waals surface area contributed by atoms with E-state index in [-0.39, 0.29) is 39.0 Å². The van der Waals surface area contributed by atoms with Crippen molar-refractivity contribution in [3.8, 4) is 0 Å². The van der Waals surface area contributed by atoms with Gasteiger partial charge in [-0.25, -0.2) is 52.9 Å². The first kappa shape index (κ1) is 69.0. The van der Waals surface area contributed by atoms with E-state index in [1.54, 1.807) is 64.1 Å². The van der Waals surface area contributed by atoms with E-state index < -0.39 is 0 Å². The summed E-state index contributed by atoms with van der Waals surface area (Å²) < 4.78 is 10.8. The zero-order chi connectivity index (χ0) is 69.4. The molecular weight excluding hydrogens is 1210 g/mol. The molecule has 0 bridgehead atoms. The van der Waals surface area contributed by atoms with Gasteiger partial charge in [-0.3, -0.25) is 51.9 Å². The van der Waals surface area contributed by atoms with Gasteiger partial charge in [0.1, 0.15) is 29.6 Å². The Kier molecular flexibility index (Phi) is 21.2. The second-order valence-electron chi connectivity index (χ2n) is 22.6. The number of nitrogens with zero attached hydrogens (tertiary/aromatic N) is 20. The van der Waals surface area contributed by atoms with Gasteiger partial charge in [0.2, 0.25) is 5.78 Å². The van der Waals surface area contributed by atoms with E-state index in [9.17, 15) is 33.6 Å². The van der Waals surface area contributed by atoms with Crippen molar-refractivity contribution < 1.29 is 0 Å². The largest absolute Gasteiger partial charge is 0.355 e. The van der Waals surface area contributed by atoms with Crippen LogP contribution in [0.5, 0.6) is 0 Å². The predicted octanol–water partition coefficient (Wildman–Crippen LogP) is 6.78. The highest BCUT2D eigenvalue weighted by atomic mass is 16.2. The second kappa shape index (κ2) is 29.2. The first-order chi connectivity index (χ1) is 45.0. The Morgan fingerprint density at radius 3 is 1.67 bits per heavy atom. The Balaban J connectivity index is 0.000000142. The van der Waals surface area contributed by atoms with Crippen molar-refractivity contribution >= 4 is 39.5 Å². The molecule has 95 heavy (non-hydrogen) atoms. The summed E-state index contributed by atoms with van der Waals surface area (Å²) in [4.78, 5) is 121. The lowest BCUT2D eigenvalue weighted by molar-refractivity contribution is 0.859. The molecule has 14 heterocycles. The van der Waals surface area contributed by atoms with Crippen molar-refractivity contribution in [2.24, 2.45) is 0 Å². The maximum Gasteiger partial charge on any atom is 0.355 e. The van der Waals surface area contributed by atoms with Crippen LogP contribution in [0.3, 0.4) is 0 Å². The van der Waals surface area contributed by atoms with E-state index in [1.165, 1.54) is 67.0 Å². The molecule has 27 nitrogen and oxygen atoms in total. The Morgan fingerprint density at radius 1 is 0.347 bits per heavy atom. The molecule has 486 valence electrons. The number of rotatable bonds is 0. The number of hydrogen-bond acceptors (Lipinski definition) is 20. The number of hydrogen-bond donors (Lipinski definition) is 0. The van der Waals surface area contributed by atoms with Gasteiger partial charge in [0, 0.05) is 107 Å². The third-order valence-corrected chi connectivity index (χ3v) is 15.6. The van der Waals surface area contributed by atoms with Crippen LogP contribution in [0.2, 0.25) is 0 Å². The van der Waals surface area contributed by atoms with Crippen molar-refractivity contribution in [1.82, 2.24) is 96.1 Å². The molecule has 0 aliphatic heterocycles. The Labute approximate surface area is 542 Å². The van der Waals surface area contributed by atoms with E-state index in [0.717, 1.165) is 95.6 Å². The van der Waals surface area contributed by atoms with Crippen LogP contribution < -0.4 is 39.0 Å². The molecule has 14 aromatic rings. The highest BCUT2D eigenvalue weighted by molar-refractivity contribution is 5.60. The first-order valence-corrected chi connectivity index (χ1v) is 29.8. The van der Waals surface area contributed by atoms with Crippen LogP contribution in [0.15, 0.2) is 144 Å². The van der Waals surface area contributed by atoms with Gasteiger partial charge in [-0.15, -0.1) is 5.10 Å². The minimum atomic E-state index is -0.268. The van der Waals surface area contributed by atoms with Crippen LogP contribution in [0.4, 0.5) is 0 Å². The third kappa shape index (κ3) is 14.9. The van der Waals surface area contributed by atoms with Crippen LogP contribution in [0, 0.1) is 125 Å². The molecule has 0 aliphatic rings. The molecule has 0 aliphatic carbocycles. The first-order valence-electron chi connectivity index (χ1n) is 29.8. The molecule has 27 heteroatoms. The summed E-state index contributed by atoms with van der Waals surface area (Å²) in [6.45, 7) is 34.3. The standard InChI is InChI=1S/C12H14N2O.4C10H11N3O.2C8H7N3O/c1-7-5-8(2)12-9(3)13-6-11(15)14(12)10(7)4;1-6-5-11-8(3)13-9(14)4-7(2)12-10(6)13;1-6-4-12-9-8(3)11-5-7(2)13(9)10(6)14;1-6-4-7(2)13-9(8(6)3)11-5-12-10(13)14;1-6-4-7(2)10-12-11-5-9(14)13(10)8(6)3;1-6-2-5-10-11-7(12)3-4-9-8(6)11;1-6-2-4-9-8-10-5-3-7(12)11(6)8/h5-6H,1-4H3;4*4-5H,1-3H3;2*2-5H,1H3. The Hall–Kier alpha value is -11.9. The summed E-state index contributed by atoms with van der Waals surface area (Å²) in [5.74, 6) is 1.12. The lowest BCUT2D eigenvalue weighted by Crippen LogP contribution is -2.20. The van der Waals surface area contributed by atoms with E-state index in [0.29, 0.717) is 45.4 Å². The maximum atomic E-state index is 11.8. The summed E-state index contributed by atoms with van der Waals surface area (Å²) in [6, 6.07) is 14.0. The average molecular weight is 1280 g/mol. The third-order valence-electron chi connectivity index (χ3n) is 15.6. The molecule has 14 aromatic heterocycles. The molecular formula is C68H72N20O7. The Morgan fingerprint density at radius 2 is 0.979 bits per heavy atom. The highest BCUT2D eigenvalue weighted by Crippen LogP contribution is 2.18. The quantitative estimate of drug-likeness (QED) is 0.151. The molecule has 0 radical (unpaired) electrons. The summed E-state index contributed by atoms with van der Waals surface area (Å²) in [7, 11) is 0. The van der Waals surface area contributed by atoms with Crippen LogP contribution >= 0.6 is 0 Å². The minimum absolute atomic E-state index is 0.0157. The predicted molar refractivity (Wildman–Crippen MR) is 362 cm³/mol. The van der Waals surface area contributed by atoms with Crippen molar-refractivity contribution in [2.45, 2.75) is 125 Å². The van der Waals surface area contributed by atoms with Gasteiger partial charge in [-0.2, -0.15) is 19.7 Å². The van der Waals surface area contributed by atoms with E-state index in [1.807, 2.05) is 129 Å². The zero-order valence-electron chi connectivity index (χ0n) is 56.2. The minimum Gasteiger partial charge on any atom is -0.278 e. The molecule has 0 saturated heterocycles. The van der Waals surface area contributed by atoms with E-state index in [4.69, 9.17) is 0 Å². The van der Waals surface area contributed by atoms with Gasteiger partial charge in [0.25, 0.3) is 33.4 Å². The molecule has 0 saturated carbocycles. The van der Waals surface area contributed by atoms with Crippen LogP contribution in [-0.2, 0) is 0 Å². The zero-order valence-corrected chi connectivity index (χ0v) is 56.2. The molecule has 14 rings (SSSR count). The lowest BCUT2D eigenvalue weighted by atomic mass is 10.1. The summed E-state index contributed by atoms with van der Waals surface area (Å²) >= 11 is 0. The van der Waals surface area contributed by atoms with Crippen molar-refractivity contribution in [2.75, 3.05) is 0 Å². The number of pyridine rings is 3. The summed E-state index contributed by atoms with van der Waals surface area (Å²) in [5.41, 5.74) is 19.3. The van der Waals surface area contributed by atoms with Gasteiger partial charge in [0.15, 0.2) is 16.9 Å². The van der Waals surface area contributed by atoms with Crippen molar-refractivity contribution in [3.63, 3.8) is 0 Å². The second-order valence-corrected chi connectivity index (χ2v) is 22.6. The highest BCUT2D eigenvalue weighted by Gasteiger charge is 2.12. The fourth-order valence-corrected chi connectivity index (χ4v) is 10.3. The number of aryl methyl sites for hydroxylation is 18. The molecule has 0 aromatic carbocycles. The normalized spacial score (nSPS) is 10.7. The molecule has 0 N–H and O–H groups in total. The fourth-order valence-electron chi connectivity index (χ4n) is 10.3. The van der Waals surface area contributed by atoms with Gasteiger partial charge in [-0.1, -0.05) is 12.1 Å². The van der Waals surface area contributed by atoms with E-state index >= 15 is 0 Å². The van der Waals surface area contributed by atoms with Gasteiger partial charge < -0.3 is 0 Å². The Bertz CT molecular complexity index is 5740. The van der Waals surface area contributed by atoms with Crippen molar-refractivity contribution in [1.29, 1.82) is 0 Å². The summed E-state index contributed by atoms with van der Waals surface area (Å²) in [6.07, 6.45) is 15.1. The average Bonchev–Trinajstić information content (AvgIpc) is 0.816. The molecule has 0 unspecified atom stereocenters. The lowest BCUT2D eigenvalue weighted by Gasteiger charge is -2.12. The van der Waals surface area contributed by atoms with Gasteiger partial charge >= 0.3 is 5.69 Å². The maximum absolute atomic E-state index is 11.8. The van der Waals surface area contributed by atoms with Crippen LogP contribution in [0.1, 0.15) is 101 Å². The SMILES string of the molecule is Cc1cc(=O)n2c(C)ncc(C)c2n1.Cc1cc(C)c2c(C)ncc(=O)n2c1C.Cc1cc(C)c2nncc(=O)n2c1C.Cc1cc(C)n2c(=O)ncnc2c1C.Cc1ccnc2nccc(=O)n12.Cc1ccnn2c(=O)ccnc12.Cc1cnc2c(C)ncc(C)n2c1=O. The number of aromatic nitrogens is 20. The van der Waals surface area contributed by atoms with Crippen LogP contribution in [-0.4, -0.2) is 96.1 Å². The molecule has 0 spiro atoms. The monoisotopic (exact) mass is 1280 g/mol. The fraction of sp³-hybridized carbons (Fsp3) is 0.265. The van der Waals surface area contributed by atoms with Gasteiger partial charge in [0.05, 0.1) is 23.1 Å². The van der Waals surface area contributed by atoms with Crippen LogP contribution in [0.25, 0.3) is 39.5 Å². The van der Waals surface area contributed by atoms with Crippen molar-refractivity contribution in [3.05, 3.63) is 285 Å². The molecule has 0 fully saturated rings. The van der Waals surface area contributed by atoms with E-state index in [2.05, 4.69) is 71.2 Å². The smallest absolute Gasteiger partial charge is 0.278 e. The molecule has 0 atom stereocenters. The topological polar surface area (TPSA) is 318 Å². The number of fused-ring (bicyclic) bond motifs is 7.